The molecule has 1 unspecified atom stereocenters. The number of amides is 1. The van der Waals surface area contributed by atoms with E-state index in [0.29, 0.717) is 6.42 Å². The lowest BCUT2D eigenvalue weighted by molar-refractivity contribution is -0.132. The van der Waals surface area contributed by atoms with Crippen molar-refractivity contribution in [3.8, 4) is 0 Å². The smallest absolute Gasteiger partial charge is 0.222 e. The number of rotatable bonds is 7. The van der Waals surface area contributed by atoms with Crippen molar-refractivity contribution in [3.63, 3.8) is 0 Å². The Morgan fingerprint density at radius 3 is 2.92 bits per heavy atom. The first-order valence-electron chi connectivity index (χ1n) is 9.32. The third kappa shape index (κ3) is 4.49. The highest BCUT2D eigenvalue weighted by atomic mass is 16.2. The lowest BCUT2D eigenvalue weighted by Crippen LogP contribution is -2.39. The molecule has 0 aromatic carbocycles. The maximum atomic E-state index is 12.6. The Morgan fingerprint density at radius 2 is 2.19 bits per heavy atom. The molecule has 1 aliphatic heterocycles. The van der Waals surface area contributed by atoms with Crippen molar-refractivity contribution >= 4 is 5.91 Å². The first-order chi connectivity index (χ1) is 12.5. The topological polar surface area (TPSA) is 72.1 Å². The molecule has 8 nitrogen and oxygen atoms in total. The molecular weight excluding hydrogens is 330 g/mol. The minimum Gasteiger partial charge on any atom is -0.342 e. The zero-order chi connectivity index (χ0) is 18.5. The molecule has 1 saturated heterocycles. The van der Waals surface area contributed by atoms with Crippen LogP contribution in [0.4, 0.5) is 0 Å². The maximum absolute atomic E-state index is 12.6. The van der Waals surface area contributed by atoms with Gasteiger partial charge >= 0.3 is 0 Å². The van der Waals surface area contributed by atoms with E-state index in [1.807, 2.05) is 43.0 Å². The largest absolute Gasteiger partial charge is 0.342 e. The second-order valence-electron chi connectivity index (χ2n) is 7.32. The Labute approximate surface area is 154 Å². The van der Waals surface area contributed by atoms with E-state index >= 15 is 0 Å². The zero-order valence-corrected chi connectivity index (χ0v) is 16.0. The van der Waals surface area contributed by atoms with Crippen LogP contribution in [0.5, 0.6) is 0 Å². The van der Waals surface area contributed by atoms with E-state index in [2.05, 4.69) is 24.8 Å². The van der Waals surface area contributed by atoms with Crippen LogP contribution in [0, 0.1) is 0 Å². The summed E-state index contributed by atoms with van der Waals surface area (Å²) in [6, 6.07) is 1.91. The molecular formula is C18H29N7O. The van der Waals surface area contributed by atoms with Gasteiger partial charge in [-0.3, -0.25) is 9.48 Å². The predicted octanol–water partition coefficient (Wildman–Crippen LogP) is 1.26. The molecule has 0 N–H and O–H groups in total. The van der Waals surface area contributed by atoms with Gasteiger partial charge in [-0.2, -0.15) is 5.10 Å². The molecule has 0 aliphatic carbocycles. The summed E-state index contributed by atoms with van der Waals surface area (Å²) >= 11 is 0. The Hall–Kier alpha value is -2.22. The predicted molar refractivity (Wildman–Crippen MR) is 98.4 cm³/mol. The lowest BCUT2D eigenvalue weighted by Gasteiger charge is -2.32. The number of hydrogen-bond donors (Lipinski definition) is 0. The summed E-state index contributed by atoms with van der Waals surface area (Å²) in [5.74, 6) is 2.47. The molecule has 3 heterocycles. The van der Waals surface area contributed by atoms with Gasteiger partial charge in [0.25, 0.3) is 0 Å². The van der Waals surface area contributed by atoms with Crippen molar-refractivity contribution in [2.45, 2.75) is 44.7 Å². The molecule has 1 atom stereocenters. The van der Waals surface area contributed by atoms with E-state index in [-0.39, 0.29) is 11.8 Å². The minimum atomic E-state index is 0.234. The van der Waals surface area contributed by atoms with Gasteiger partial charge in [0, 0.05) is 51.4 Å². The fourth-order valence-corrected chi connectivity index (χ4v) is 3.55. The zero-order valence-electron chi connectivity index (χ0n) is 16.0. The van der Waals surface area contributed by atoms with Crippen LogP contribution in [0.2, 0.25) is 0 Å². The van der Waals surface area contributed by atoms with Crippen LogP contribution < -0.4 is 0 Å². The van der Waals surface area contributed by atoms with Crippen LogP contribution in [-0.4, -0.2) is 67.4 Å². The van der Waals surface area contributed by atoms with Gasteiger partial charge in [-0.25, -0.2) is 0 Å². The summed E-state index contributed by atoms with van der Waals surface area (Å²) in [5.41, 5.74) is 0. The Balaban J connectivity index is 1.55. The van der Waals surface area contributed by atoms with Gasteiger partial charge in [0.05, 0.1) is 6.54 Å². The van der Waals surface area contributed by atoms with Crippen molar-refractivity contribution < 1.29 is 4.79 Å². The van der Waals surface area contributed by atoms with Gasteiger partial charge < -0.3 is 14.4 Å². The van der Waals surface area contributed by atoms with Crippen LogP contribution in [0.1, 0.15) is 43.3 Å². The first kappa shape index (κ1) is 18.6. The molecule has 3 rings (SSSR count). The second-order valence-corrected chi connectivity index (χ2v) is 7.32. The van der Waals surface area contributed by atoms with E-state index < -0.39 is 0 Å². The number of hydrogen-bond acceptors (Lipinski definition) is 5. The van der Waals surface area contributed by atoms with Gasteiger partial charge in [-0.05, 0) is 39.4 Å². The van der Waals surface area contributed by atoms with Gasteiger partial charge in [0.15, 0.2) is 0 Å². The average Bonchev–Trinajstić information content (AvgIpc) is 3.25. The van der Waals surface area contributed by atoms with Gasteiger partial charge in [0.1, 0.15) is 11.6 Å². The average molecular weight is 359 g/mol. The summed E-state index contributed by atoms with van der Waals surface area (Å²) in [5, 5.41) is 12.9. The highest BCUT2D eigenvalue weighted by molar-refractivity contribution is 5.76. The molecule has 1 fully saturated rings. The maximum Gasteiger partial charge on any atom is 0.222 e. The minimum absolute atomic E-state index is 0.234. The number of aryl methyl sites for hydroxylation is 1. The normalized spacial score (nSPS) is 17.8. The van der Waals surface area contributed by atoms with E-state index in [9.17, 15) is 4.79 Å². The molecule has 1 aliphatic rings. The molecule has 1 amide bonds. The number of likely N-dealkylation sites (tertiary alicyclic amines) is 1. The number of carbonyl (C=O) groups is 1. The first-order valence-corrected chi connectivity index (χ1v) is 9.32. The summed E-state index contributed by atoms with van der Waals surface area (Å²) in [6.45, 7) is 3.15. The summed E-state index contributed by atoms with van der Waals surface area (Å²) in [6.07, 6.45) is 7.16. The molecule has 0 bridgehead atoms. The standard InChI is InChI=1S/C18H29N7O/c1-22(2)14-16-20-21-18(23(16)3)15-7-4-10-24(13-15)17(26)8-5-11-25-12-6-9-19-25/h6,9,12,15H,4-5,7-8,10-11,13-14H2,1-3H3. The molecule has 0 spiro atoms. The molecule has 0 radical (unpaired) electrons. The Morgan fingerprint density at radius 1 is 1.35 bits per heavy atom. The third-order valence-corrected chi connectivity index (χ3v) is 4.93. The van der Waals surface area contributed by atoms with Gasteiger partial charge in [0.2, 0.25) is 5.91 Å². The van der Waals surface area contributed by atoms with Crippen molar-refractivity contribution in [2.75, 3.05) is 27.2 Å². The van der Waals surface area contributed by atoms with Crippen molar-refractivity contribution in [3.05, 3.63) is 30.1 Å². The fourth-order valence-electron chi connectivity index (χ4n) is 3.55. The van der Waals surface area contributed by atoms with Crippen LogP contribution in [0.25, 0.3) is 0 Å². The highest BCUT2D eigenvalue weighted by Crippen LogP contribution is 2.26. The van der Waals surface area contributed by atoms with E-state index in [0.717, 1.165) is 57.1 Å². The molecule has 2 aromatic rings. The molecule has 142 valence electrons. The van der Waals surface area contributed by atoms with E-state index in [1.165, 1.54) is 0 Å². The Kier molecular flexibility index (Phi) is 6.03. The number of aromatic nitrogens is 5. The summed E-state index contributed by atoms with van der Waals surface area (Å²) in [4.78, 5) is 16.7. The number of nitrogens with zero attached hydrogens (tertiary/aromatic N) is 7. The summed E-state index contributed by atoms with van der Waals surface area (Å²) < 4.78 is 3.97. The SMILES string of the molecule is CN(C)Cc1nnc(C2CCCN(C(=O)CCCn3cccn3)C2)n1C. The van der Waals surface area contributed by atoms with Crippen LogP contribution in [0.3, 0.4) is 0 Å². The van der Waals surface area contributed by atoms with Crippen LogP contribution >= 0.6 is 0 Å². The Bertz CT molecular complexity index is 707. The van der Waals surface area contributed by atoms with Crippen LogP contribution in [0.15, 0.2) is 18.5 Å². The van der Waals surface area contributed by atoms with E-state index in [4.69, 9.17) is 0 Å². The number of piperidine rings is 1. The molecule has 2 aromatic heterocycles. The summed E-state index contributed by atoms with van der Waals surface area (Å²) in [7, 11) is 6.08. The molecule has 8 heteroatoms. The highest BCUT2D eigenvalue weighted by Gasteiger charge is 2.28. The van der Waals surface area contributed by atoms with Crippen molar-refractivity contribution in [2.24, 2.45) is 7.05 Å². The quantitative estimate of drug-likeness (QED) is 0.744. The van der Waals surface area contributed by atoms with Gasteiger partial charge in [-0.1, -0.05) is 0 Å². The van der Waals surface area contributed by atoms with E-state index in [1.54, 1.807) is 6.20 Å². The lowest BCUT2D eigenvalue weighted by atomic mass is 9.96. The van der Waals surface area contributed by atoms with Gasteiger partial charge in [-0.15, -0.1) is 10.2 Å². The molecule has 26 heavy (non-hydrogen) atoms. The second kappa shape index (κ2) is 8.44. The fraction of sp³-hybridized carbons (Fsp3) is 0.667. The van der Waals surface area contributed by atoms with Crippen molar-refractivity contribution in [1.29, 1.82) is 0 Å². The third-order valence-electron chi connectivity index (χ3n) is 4.93. The molecule has 0 saturated carbocycles. The van der Waals surface area contributed by atoms with Crippen molar-refractivity contribution in [1.82, 2.24) is 34.3 Å². The monoisotopic (exact) mass is 359 g/mol. The number of carbonyl (C=O) groups excluding carboxylic acids is 1. The van der Waals surface area contributed by atoms with Crippen LogP contribution in [-0.2, 0) is 24.9 Å².